The second kappa shape index (κ2) is 4.09. The Labute approximate surface area is 96.5 Å². The van der Waals surface area contributed by atoms with Crippen molar-refractivity contribution in [1.29, 1.82) is 0 Å². The Morgan fingerprint density at radius 2 is 1.94 bits per heavy atom. The van der Waals surface area contributed by atoms with E-state index in [1.54, 1.807) is 11.5 Å². The fourth-order valence-corrected chi connectivity index (χ4v) is 2.65. The molecular formula is C11H10O4S. The zero-order valence-electron chi connectivity index (χ0n) is 8.90. The first-order chi connectivity index (χ1) is 7.67. The monoisotopic (exact) mass is 238 g/mol. The number of thiophene rings is 1. The van der Waals surface area contributed by atoms with Gasteiger partial charge in [0.2, 0.25) is 0 Å². The first kappa shape index (κ1) is 10.9. The highest BCUT2D eigenvalue weighted by Gasteiger charge is 2.25. The van der Waals surface area contributed by atoms with Crippen molar-refractivity contribution in [2.75, 3.05) is 14.2 Å². The number of carbonyl (C=O) groups excluding carboxylic acids is 2. The average Bonchev–Trinajstić information content (AvgIpc) is 2.86. The van der Waals surface area contributed by atoms with E-state index in [2.05, 4.69) is 9.47 Å². The molecule has 0 fully saturated rings. The maximum absolute atomic E-state index is 11.4. The molecule has 0 amide bonds. The van der Waals surface area contributed by atoms with Crippen LogP contribution in [0.1, 0.15) is 20.8 Å². The summed E-state index contributed by atoms with van der Waals surface area (Å²) in [7, 11) is 2.68. The minimum atomic E-state index is -0.375. The van der Waals surface area contributed by atoms with Crippen LogP contribution in [0, 0.1) is 0 Å². The van der Waals surface area contributed by atoms with Gasteiger partial charge in [0.15, 0.2) is 0 Å². The highest BCUT2D eigenvalue weighted by Crippen LogP contribution is 2.33. The molecule has 0 saturated carbocycles. The van der Waals surface area contributed by atoms with Crippen LogP contribution in [-0.2, 0) is 20.7 Å². The van der Waals surface area contributed by atoms with Crippen LogP contribution in [0.15, 0.2) is 11.0 Å². The lowest BCUT2D eigenvalue weighted by Gasteiger charge is -1.97. The first-order valence-corrected chi connectivity index (χ1v) is 5.53. The molecule has 1 heterocycles. The van der Waals surface area contributed by atoms with Gasteiger partial charge in [-0.1, -0.05) is 0 Å². The zero-order chi connectivity index (χ0) is 11.7. The number of ether oxygens (including phenoxy) is 2. The summed E-state index contributed by atoms with van der Waals surface area (Å²) < 4.78 is 9.31. The molecule has 0 N–H and O–H groups in total. The fraction of sp³-hybridized carbons (Fsp3) is 0.273. The molecule has 0 spiro atoms. The molecule has 0 saturated heterocycles. The van der Waals surface area contributed by atoms with E-state index in [0.29, 0.717) is 17.6 Å². The summed E-state index contributed by atoms with van der Waals surface area (Å²) in [4.78, 5) is 23.7. The van der Waals surface area contributed by atoms with Crippen LogP contribution in [0.2, 0.25) is 0 Å². The molecule has 0 atom stereocenters. The van der Waals surface area contributed by atoms with E-state index in [1.165, 1.54) is 25.6 Å². The van der Waals surface area contributed by atoms with Crippen molar-refractivity contribution in [3.05, 3.63) is 27.0 Å². The first-order valence-electron chi connectivity index (χ1n) is 4.65. The predicted molar refractivity (Wildman–Crippen MR) is 59.4 cm³/mol. The highest BCUT2D eigenvalue weighted by molar-refractivity contribution is 7.10. The van der Waals surface area contributed by atoms with Crippen LogP contribution < -0.4 is 0 Å². The van der Waals surface area contributed by atoms with Gasteiger partial charge >= 0.3 is 11.9 Å². The number of hydrogen-bond acceptors (Lipinski definition) is 5. The molecule has 0 bridgehead atoms. The van der Waals surface area contributed by atoms with Crippen LogP contribution in [0.25, 0.3) is 6.08 Å². The molecule has 1 aliphatic rings. The summed E-state index contributed by atoms with van der Waals surface area (Å²) in [5.74, 6) is -0.723. The van der Waals surface area contributed by atoms with Crippen molar-refractivity contribution in [1.82, 2.24) is 0 Å². The molecule has 1 aliphatic carbocycles. The molecule has 0 unspecified atom stereocenters. The van der Waals surface area contributed by atoms with E-state index < -0.39 is 0 Å². The second-order valence-electron chi connectivity index (χ2n) is 3.32. The molecule has 1 aromatic rings. The summed E-state index contributed by atoms with van der Waals surface area (Å²) in [6.07, 6.45) is 2.23. The van der Waals surface area contributed by atoms with Crippen molar-refractivity contribution in [3.63, 3.8) is 0 Å². The van der Waals surface area contributed by atoms with E-state index >= 15 is 0 Å². The van der Waals surface area contributed by atoms with E-state index in [1.807, 2.05) is 0 Å². The largest absolute Gasteiger partial charge is 0.466 e. The Kier molecular flexibility index (Phi) is 2.78. The Balaban J connectivity index is 2.35. The van der Waals surface area contributed by atoms with Gasteiger partial charge in [-0.05, 0) is 6.08 Å². The van der Waals surface area contributed by atoms with Crippen molar-refractivity contribution < 1.29 is 19.1 Å². The third kappa shape index (κ3) is 1.63. The Bertz CT molecular complexity index is 484. The van der Waals surface area contributed by atoms with Gasteiger partial charge in [0.1, 0.15) is 0 Å². The molecule has 4 nitrogen and oxygen atoms in total. The molecule has 5 heteroatoms. The van der Waals surface area contributed by atoms with E-state index in [9.17, 15) is 9.59 Å². The lowest BCUT2D eigenvalue weighted by molar-refractivity contribution is -0.136. The average molecular weight is 238 g/mol. The predicted octanol–water partition coefficient (Wildman–Crippen LogP) is 1.65. The molecule has 0 aliphatic heterocycles. The Hall–Kier alpha value is -1.62. The second-order valence-corrected chi connectivity index (χ2v) is 4.28. The Morgan fingerprint density at radius 1 is 1.25 bits per heavy atom. The number of rotatable bonds is 2. The molecule has 16 heavy (non-hydrogen) atoms. The summed E-state index contributed by atoms with van der Waals surface area (Å²) >= 11 is 1.45. The highest BCUT2D eigenvalue weighted by atomic mass is 32.1. The standard InChI is InChI=1S/C11H10O4S/c1-14-10(12)6-3-7-8(11(13)15-2)5-16-9(7)4-6/h3,5H,4H2,1-2H3. The summed E-state index contributed by atoms with van der Waals surface area (Å²) in [5.41, 5.74) is 1.88. The fourth-order valence-electron chi connectivity index (χ4n) is 1.63. The van der Waals surface area contributed by atoms with Gasteiger partial charge in [-0.15, -0.1) is 11.3 Å². The van der Waals surface area contributed by atoms with Gasteiger partial charge in [0.25, 0.3) is 0 Å². The SMILES string of the molecule is COC(=O)C1=Cc2c(C(=O)OC)csc2C1. The third-order valence-electron chi connectivity index (χ3n) is 2.43. The van der Waals surface area contributed by atoms with Crippen LogP contribution >= 0.6 is 11.3 Å². The zero-order valence-corrected chi connectivity index (χ0v) is 9.72. The Morgan fingerprint density at radius 3 is 2.56 bits per heavy atom. The van der Waals surface area contributed by atoms with Crippen LogP contribution in [0.3, 0.4) is 0 Å². The van der Waals surface area contributed by atoms with Crippen molar-refractivity contribution >= 4 is 29.4 Å². The minimum Gasteiger partial charge on any atom is -0.466 e. The number of methoxy groups -OCH3 is 2. The number of fused-ring (bicyclic) bond motifs is 1. The van der Waals surface area contributed by atoms with Gasteiger partial charge in [-0.25, -0.2) is 9.59 Å². The van der Waals surface area contributed by atoms with Gasteiger partial charge in [0, 0.05) is 27.8 Å². The molecule has 2 rings (SSSR count). The molecule has 0 aromatic carbocycles. The topological polar surface area (TPSA) is 52.6 Å². The van der Waals surface area contributed by atoms with Crippen molar-refractivity contribution in [2.45, 2.75) is 6.42 Å². The molecule has 1 aromatic heterocycles. The third-order valence-corrected chi connectivity index (χ3v) is 3.43. The van der Waals surface area contributed by atoms with Crippen LogP contribution in [0.4, 0.5) is 0 Å². The van der Waals surface area contributed by atoms with Gasteiger partial charge < -0.3 is 9.47 Å². The maximum Gasteiger partial charge on any atom is 0.339 e. The van der Waals surface area contributed by atoms with E-state index in [0.717, 1.165) is 10.4 Å². The molecule has 84 valence electrons. The molecular weight excluding hydrogens is 228 g/mol. The summed E-state index contributed by atoms with van der Waals surface area (Å²) in [6.45, 7) is 0. The number of esters is 2. The van der Waals surface area contributed by atoms with E-state index in [4.69, 9.17) is 0 Å². The van der Waals surface area contributed by atoms with Gasteiger partial charge in [-0.3, -0.25) is 0 Å². The maximum atomic E-state index is 11.4. The summed E-state index contributed by atoms with van der Waals surface area (Å²) in [6, 6.07) is 0. The van der Waals surface area contributed by atoms with Crippen LogP contribution in [-0.4, -0.2) is 26.2 Å². The number of hydrogen-bond donors (Lipinski definition) is 0. The van der Waals surface area contributed by atoms with Gasteiger partial charge in [0.05, 0.1) is 19.8 Å². The minimum absolute atomic E-state index is 0.348. The lowest BCUT2D eigenvalue weighted by atomic mass is 10.2. The van der Waals surface area contributed by atoms with Crippen molar-refractivity contribution in [3.8, 4) is 0 Å². The van der Waals surface area contributed by atoms with Gasteiger partial charge in [-0.2, -0.15) is 0 Å². The molecule has 0 radical (unpaired) electrons. The smallest absolute Gasteiger partial charge is 0.339 e. The van der Waals surface area contributed by atoms with Crippen LogP contribution in [0.5, 0.6) is 0 Å². The summed E-state index contributed by atoms with van der Waals surface area (Å²) in [5, 5.41) is 1.75. The van der Waals surface area contributed by atoms with Crippen molar-refractivity contribution in [2.24, 2.45) is 0 Å². The number of carbonyl (C=O) groups is 2. The normalized spacial score (nSPS) is 13.0. The quantitative estimate of drug-likeness (QED) is 0.735. The van der Waals surface area contributed by atoms with E-state index in [-0.39, 0.29) is 11.9 Å². The lowest BCUT2D eigenvalue weighted by Crippen LogP contribution is -2.03.